The van der Waals surface area contributed by atoms with Crippen molar-refractivity contribution in [1.82, 2.24) is 9.79 Å². The van der Waals surface area contributed by atoms with Crippen molar-refractivity contribution in [1.29, 1.82) is 0 Å². The fourth-order valence-corrected chi connectivity index (χ4v) is 6.99. The van der Waals surface area contributed by atoms with E-state index in [1.165, 1.54) is 37.9 Å². The quantitative estimate of drug-likeness (QED) is 0.354. The van der Waals surface area contributed by atoms with Crippen LogP contribution in [-0.2, 0) is 5.54 Å². The summed E-state index contributed by atoms with van der Waals surface area (Å²) in [5.74, 6) is 1.35. The van der Waals surface area contributed by atoms with Crippen LogP contribution in [0.4, 0.5) is 5.82 Å². The fourth-order valence-electron chi connectivity index (χ4n) is 6.99. The average molecular weight is 399 g/mol. The number of nitrogens with zero attached hydrogens (tertiary/aromatic N) is 4. The molecule has 29 heavy (non-hydrogen) atoms. The first-order chi connectivity index (χ1) is 13.7. The lowest BCUT2D eigenvalue weighted by Crippen LogP contribution is -2.78. The molecule has 1 aromatic heterocycles. The molecule has 3 atom stereocenters. The Labute approximate surface area is 180 Å². The van der Waals surface area contributed by atoms with Crippen LogP contribution in [0.2, 0.25) is 5.31 Å². The van der Waals surface area contributed by atoms with Crippen molar-refractivity contribution in [2.75, 3.05) is 17.9 Å². The molecule has 0 saturated carbocycles. The minimum absolute atomic E-state index is 0.0243. The zero-order valence-electron chi connectivity index (χ0n) is 20.3. The summed E-state index contributed by atoms with van der Waals surface area (Å²) in [6, 6.07) is 2.87. The Morgan fingerprint density at radius 3 is 2.48 bits per heavy atom. The van der Waals surface area contributed by atoms with Crippen LogP contribution in [-0.4, -0.2) is 35.9 Å². The predicted octanol–water partition coefficient (Wildman–Crippen LogP) is 5.28. The summed E-state index contributed by atoms with van der Waals surface area (Å²) < 4.78 is 2.52. The van der Waals surface area contributed by atoms with Crippen LogP contribution in [0.5, 0.6) is 0 Å². The molecule has 162 valence electrons. The second-order valence-corrected chi connectivity index (χ2v) is 10.7. The molecule has 2 aliphatic heterocycles. The second-order valence-electron chi connectivity index (χ2n) is 10.7. The Bertz CT molecular complexity index is 702. The van der Waals surface area contributed by atoms with E-state index in [1.807, 2.05) is 6.20 Å². The normalized spacial score (nSPS) is 28.4. The van der Waals surface area contributed by atoms with Crippen LogP contribution in [0.15, 0.2) is 18.6 Å². The van der Waals surface area contributed by atoms with Crippen molar-refractivity contribution in [3.63, 3.8) is 0 Å². The van der Waals surface area contributed by atoms with Gasteiger partial charge in [0.1, 0.15) is 6.20 Å². The van der Waals surface area contributed by atoms with Gasteiger partial charge in [-0.1, -0.05) is 67.7 Å². The van der Waals surface area contributed by atoms with Crippen molar-refractivity contribution >= 4 is 12.8 Å². The van der Waals surface area contributed by atoms with Crippen molar-refractivity contribution in [3.8, 4) is 0 Å². The number of anilines is 1. The Morgan fingerprint density at radius 2 is 1.90 bits per heavy atom. The van der Waals surface area contributed by atoms with Crippen molar-refractivity contribution in [2.24, 2.45) is 5.41 Å². The first kappa shape index (κ1) is 22.6. The van der Waals surface area contributed by atoms with Gasteiger partial charge < -0.3 is 9.62 Å². The number of fused-ring (bicyclic) bond motifs is 3. The molecule has 3 rings (SSSR count). The highest BCUT2D eigenvalue weighted by molar-refractivity contribution is 6.65. The van der Waals surface area contributed by atoms with Crippen molar-refractivity contribution in [3.05, 3.63) is 18.6 Å². The average Bonchev–Trinajstić information content (AvgIpc) is 3.13. The van der Waals surface area contributed by atoms with Gasteiger partial charge in [0.25, 0.3) is 0 Å². The van der Waals surface area contributed by atoms with Crippen LogP contribution >= 0.6 is 0 Å². The third-order valence-corrected chi connectivity index (χ3v) is 8.55. The molecule has 0 aliphatic carbocycles. The SMILES string of the molecule is CCCCCC(C)N1CCN2B1C(CC)(C(C)(C)C)C(C)(CC)[n+]1cnccc12. The molecule has 0 radical (unpaired) electrons. The highest BCUT2D eigenvalue weighted by atomic mass is 15.4. The highest BCUT2D eigenvalue weighted by Crippen LogP contribution is 2.64. The third-order valence-electron chi connectivity index (χ3n) is 8.55. The van der Waals surface area contributed by atoms with E-state index in [0.717, 1.165) is 19.5 Å². The summed E-state index contributed by atoms with van der Waals surface area (Å²) in [6.45, 7) is 22.2. The number of rotatable bonds is 7. The zero-order valence-corrected chi connectivity index (χ0v) is 20.3. The zero-order chi connectivity index (χ0) is 21.4. The van der Waals surface area contributed by atoms with Gasteiger partial charge in [-0.25, -0.2) is 4.57 Å². The molecule has 2 aliphatic rings. The van der Waals surface area contributed by atoms with E-state index < -0.39 is 0 Å². The minimum atomic E-state index is 0.0243. The third kappa shape index (κ3) is 3.23. The standard InChI is InChI=1S/C24H44BN4/c1-9-12-13-14-20(4)28-17-18-29-21-15-16-26-19-27(21)23(8,10-2)24(11-3,25(28)29)22(5,6)7/h15-16,19-20H,9-14,17-18H2,1-8H3/q+1. The Balaban J connectivity index is 2.17. The van der Waals surface area contributed by atoms with Crippen LogP contribution in [0.1, 0.15) is 93.9 Å². The monoisotopic (exact) mass is 399 g/mol. The molecule has 0 bridgehead atoms. The van der Waals surface area contributed by atoms with Crippen LogP contribution in [0, 0.1) is 5.41 Å². The number of unbranched alkanes of at least 4 members (excludes halogenated alkanes) is 2. The topological polar surface area (TPSA) is 23.2 Å². The first-order valence-electron chi connectivity index (χ1n) is 12.1. The van der Waals surface area contributed by atoms with Gasteiger partial charge in [0.15, 0.2) is 0 Å². The molecule has 3 heterocycles. The van der Waals surface area contributed by atoms with E-state index in [2.05, 4.69) is 87.0 Å². The maximum atomic E-state index is 4.56. The lowest BCUT2D eigenvalue weighted by Gasteiger charge is -2.60. The summed E-state index contributed by atoms with van der Waals surface area (Å²) in [6.07, 6.45) is 11.7. The van der Waals surface area contributed by atoms with Crippen molar-refractivity contribution < 1.29 is 4.57 Å². The van der Waals surface area contributed by atoms with Crippen LogP contribution in [0.3, 0.4) is 0 Å². The van der Waals surface area contributed by atoms with Gasteiger partial charge in [-0.2, -0.15) is 0 Å². The van der Waals surface area contributed by atoms with Gasteiger partial charge in [0, 0.05) is 17.9 Å². The van der Waals surface area contributed by atoms with Gasteiger partial charge in [-0.05, 0) is 37.6 Å². The second kappa shape index (κ2) is 8.21. The molecule has 0 spiro atoms. The van der Waals surface area contributed by atoms with E-state index in [-0.39, 0.29) is 16.3 Å². The lowest BCUT2D eigenvalue weighted by atomic mass is 9.31. The van der Waals surface area contributed by atoms with Crippen LogP contribution in [0.25, 0.3) is 0 Å². The number of aromatic nitrogens is 2. The molecule has 3 unspecified atom stereocenters. The maximum absolute atomic E-state index is 4.56. The smallest absolute Gasteiger partial charge is 0.332 e. The lowest BCUT2D eigenvalue weighted by molar-refractivity contribution is -0.764. The molecule has 5 heteroatoms. The number of hydrogen-bond acceptors (Lipinski definition) is 3. The first-order valence-corrected chi connectivity index (χ1v) is 12.1. The summed E-state index contributed by atoms with van der Waals surface area (Å²) in [4.78, 5) is 10.1. The van der Waals surface area contributed by atoms with Crippen molar-refractivity contribution in [2.45, 2.75) is 111 Å². The van der Waals surface area contributed by atoms with E-state index in [1.54, 1.807) is 0 Å². The van der Waals surface area contributed by atoms with Gasteiger partial charge in [0.05, 0.1) is 12.1 Å². The van der Waals surface area contributed by atoms with E-state index in [4.69, 9.17) is 0 Å². The van der Waals surface area contributed by atoms with E-state index >= 15 is 0 Å². The highest BCUT2D eigenvalue weighted by Gasteiger charge is 2.72. The fraction of sp³-hybridized carbons (Fsp3) is 0.833. The molecule has 1 fully saturated rings. The molecule has 0 aromatic carbocycles. The van der Waals surface area contributed by atoms with Crippen LogP contribution < -0.4 is 9.38 Å². The van der Waals surface area contributed by atoms with Gasteiger partial charge in [-0.3, -0.25) is 0 Å². The molecular formula is C24H44BN4+. The van der Waals surface area contributed by atoms with Gasteiger partial charge >= 0.3 is 6.98 Å². The summed E-state index contributed by atoms with van der Waals surface area (Å²) >= 11 is 0. The Morgan fingerprint density at radius 1 is 1.17 bits per heavy atom. The largest absolute Gasteiger partial charge is 0.435 e. The number of hydrogen-bond donors (Lipinski definition) is 0. The molecule has 4 nitrogen and oxygen atoms in total. The summed E-state index contributed by atoms with van der Waals surface area (Å²) in [7, 11) is 0. The van der Waals surface area contributed by atoms with E-state index in [9.17, 15) is 0 Å². The Kier molecular flexibility index (Phi) is 6.39. The molecule has 0 amide bonds. The minimum Gasteiger partial charge on any atom is -0.332 e. The molecule has 1 saturated heterocycles. The summed E-state index contributed by atoms with van der Waals surface area (Å²) in [5.41, 5.74) is 0.193. The molecule has 1 aromatic rings. The maximum Gasteiger partial charge on any atom is 0.435 e. The van der Waals surface area contributed by atoms with Gasteiger partial charge in [-0.15, -0.1) is 4.98 Å². The summed E-state index contributed by atoms with van der Waals surface area (Å²) in [5, 5.41) is 0.130. The predicted molar refractivity (Wildman–Crippen MR) is 124 cm³/mol. The van der Waals surface area contributed by atoms with E-state index in [0.29, 0.717) is 13.0 Å². The van der Waals surface area contributed by atoms with Gasteiger partial charge in [0.2, 0.25) is 12.1 Å². The Hall–Kier alpha value is -1.10. The molecular weight excluding hydrogens is 355 g/mol. The molecule has 0 N–H and O–H groups in total.